The van der Waals surface area contributed by atoms with E-state index < -0.39 is 0 Å². The highest BCUT2D eigenvalue weighted by atomic mass is 127. The van der Waals surface area contributed by atoms with Gasteiger partial charge in [-0.3, -0.25) is 9.89 Å². The second-order valence-corrected chi connectivity index (χ2v) is 7.82. The van der Waals surface area contributed by atoms with Gasteiger partial charge in [-0.1, -0.05) is 36.8 Å². The van der Waals surface area contributed by atoms with Crippen molar-refractivity contribution < 1.29 is 4.74 Å². The van der Waals surface area contributed by atoms with E-state index in [0.717, 1.165) is 38.8 Å². The summed E-state index contributed by atoms with van der Waals surface area (Å²) < 4.78 is 5.55. The number of rotatable bonds is 6. The van der Waals surface area contributed by atoms with Crippen LogP contribution in [0.25, 0.3) is 0 Å². The van der Waals surface area contributed by atoms with Crippen LogP contribution < -0.4 is 10.6 Å². The first-order valence-electron chi connectivity index (χ1n) is 9.98. The standard InChI is InChI=1S/C21H34N4O.HI/c1-17(25-12-13-26-15-18(25)2)14-23-20(22-3)24-16-21(10-7-11-21)19-8-5-4-6-9-19;/h4-6,8-9,17-18H,7,10-16H2,1-3H3,(H2,22,23,24);1H. The number of morpholine rings is 1. The normalized spacial score (nSPS) is 23.7. The number of nitrogens with one attached hydrogen (secondary N) is 2. The van der Waals surface area contributed by atoms with E-state index in [1.54, 1.807) is 0 Å². The van der Waals surface area contributed by atoms with Crippen molar-refractivity contribution in [3.8, 4) is 0 Å². The molecule has 152 valence electrons. The zero-order valence-corrected chi connectivity index (χ0v) is 19.2. The summed E-state index contributed by atoms with van der Waals surface area (Å²) >= 11 is 0. The van der Waals surface area contributed by atoms with Gasteiger partial charge in [0.2, 0.25) is 0 Å². The highest BCUT2D eigenvalue weighted by Gasteiger charge is 2.38. The van der Waals surface area contributed by atoms with Crippen LogP contribution in [-0.4, -0.2) is 62.8 Å². The lowest BCUT2D eigenvalue weighted by Gasteiger charge is -2.43. The van der Waals surface area contributed by atoms with Crippen molar-refractivity contribution >= 4 is 29.9 Å². The summed E-state index contributed by atoms with van der Waals surface area (Å²) in [5, 5.41) is 7.09. The number of nitrogens with zero attached hydrogens (tertiary/aromatic N) is 2. The highest BCUT2D eigenvalue weighted by molar-refractivity contribution is 14.0. The van der Waals surface area contributed by atoms with Crippen LogP contribution in [0.15, 0.2) is 35.3 Å². The maximum Gasteiger partial charge on any atom is 0.191 e. The van der Waals surface area contributed by atoms with Crippen molar-refractivity contribution in [1.29, 1.82) is 0 Å². The monoisotopic (exact) mass is 486 g/mol. The Hall–Kier alpha value is -0.860. The number of halogens is 1. The molecule has 0 spiro atoms. The predicted octanol–water partition coefficient (Wildman–Crippen LogP) is 3.00. The van der Waals surface area contributed by atoms with Crippen molar-refractivity contribution in [2.75, 3.05) is 39.9 Å². The molecule has 1 aliphatic heterocycles. The van der Waals surface area contributed by atoms with Crippen LogP contribution >= 0.6 is 24.0 Å². The predicted molar refractivity (Wildman–Crippen MR) is 123 cm³/mol. The van der Waals surface area contributed by atoms with Gasteiger partial charge in [0.1, 0.15) is 0 Å². The topological polar surface area (TPSA) is 48.9 Å². The molecule has 1 heterocycles. The van der Waals surface area contributed by atoms with E-state index in [1.807, 2.05) is 7.05 Å². The van der Waals surface area contributed by atoms with Crippen LogP contribution in [0.4, 0.5) is 0 Å². The summed E-state index contributed by atoms with van der Waals surface area (Å²) in [7, 11) is 1.85. The van der Waals surface area contributed by atoms with Gasteiger partial charge in [0, 0.05) is 44.2 Å². The lowest BCUT2D eigenvalue weighted by molar-refractivity contribution is -0.0174. The van der Waals surface area contributed by atoms with Crippen LogP contribution in [0.3, 0.4) is 0 Å². The van der Waals surface area contributed by atoms with Crippen LogP contribution in [0, 0.1) is 0 Å². The molecule has 5 nitrogen and oxygen atoms in total. The van der Waals surface area contributed by atoms with Crippen LogP contribution in [0.2, 0.25) is 0 Å². The van der Waals surface area contributed by atoms with Gasteiger partial charge in [0.25, 0.3) is 0 Å². The summed E-state index contributed by atoms with van der Waals surface area (Å²) in [5.74, 6) is 0.903. The average Bonchev–Trinajstić information content (AvgIpc) is 2.64. The lowest BCUT2D eigenvalue weighted by atomic mass is 9.64. The third-order valence-corrected chi connectivity index (χ3v) is 6.06. The summed E-state index contributed by atoms with van der Waals surface area (Å²) in [4.78, 5) is 6.95. The maximum atomic E-state index is 5.55. The fourth-order valence-corrected chi connectivity index (χ4v) is 4.19. The molecule has 1 saturated heterocycles. The van der Waals surface area contributed by atoms with Gasteiger partial charge < -0.3 is 15.4 Å². The number of ether oxygens (including phenoxy) is 1. The molecule has 2 fully saturated rings. The van der Waals surface area contributed by atoms with E-state index >= 15 is 0 Å². The summed E-state index contributed by atoms with van der Waals surface area (Å²) in [6.07, 6.45) is 3.82. The number of guanidine groups is 1. The summed E-state index contributed by atoms with van der Waals surface area (Å²) in [6.45, 7) is 9.02. The number of aliphatic imine (C=N–C) groups is 1. The molecule has 2 unspecified atom stereocenters. The largest absolute Gasteiger partial charge is 0.379 e. The Balaban J connectivity index is 0.00000261. The van der Waals surface area contributed by atoms with Crippen LogP contribution in [0.1, 0.15) is 38.7 Å². The summed E-state index contributed by atoms with van der Waals surface area (Å²) in [6, 6.07) is 11.8. The molecule has 0 radical (unpaired) electrons. The maximum absolute atomic E-state index is 5.55. The third-order valence-electron chi connectivity index (χ3n) is 6.06. The molecule has 0 bridgehead atoms. The first-order chi connectivity index (χ1) is 12.6. The third kappa shape index (κ3) is 5.57. The molecular formula is C21H35IN4O. The van der Waals surface area contributed by atoms with E-state index in [-0.39, 0.29) is 29.4 Å². The zero-order valence-electron chi connectivity index (χ0n) is 16.9. The average molecular weight is 486 g/mol. The Labute approximate surface area is 181 Å². The molecular weight excluding hydrogens is 451 g/mol. The fourth-order valence-electron chi connectivity index (χ4n) is 4.19. The molecule has 27 heavy (non-hydrogen) atoms. The quantitative estimate of drug-likeness (QED) is 0.369. The Morgan fingerprint density at radius 3 is 2.63 bits per heavy atom. The van der Waals surface area contributed by atoms with E-state index in [0.29, 0.717) is 12.1 Å². The minimum absolute atomic E-state index is 0. The first kappa shape index (κ1) is 22.4. The molecule has 1 aromatic rings. The van der Waals surface area contributed by atoms with E-state index in [1.165, 1.54) is 24.8 Å². The van der Waals surface area contributed by atoms with E-state index in [9.17, 15) is 0 Å². The van der Waals surface area contributed by atoms with Gasteiger partial charge in [-0.15, -0.1) is 24.0 Å². The molecule has 0 aromatic heterocycles. The molecule has 1 saturated carbocycles. The van der Waals surface area contributed by atoms with E-state index in [4.69, 9.17) is 4.74 Å². The SMILES string of the molecule is CN=C(NCC(C)N1CCOCC1C)NCC1(c2ccccc2)CCC1.I. The van der Waals surface area contributed by atoms with Gasteiger partial charge >= 0.3 is 0 Å². The molecule has 2 atom stereocenters. The summed E-state index contributed by atoms with van der Waals surface area (Å²) in [5.41, 5.74) is 1.72. The smallest absolute Gasteiger partial charge is 0.191 e. The molecule has 6 heteroatoms. The van der Waals surface area contributed by atoms with Gasteiger partial charge in [0.05, 0.1) is 13.2 Å². The lowest BCUT2D eigenvalue weighted by Crippen LogP contribution is -2.54. The molecule has 3 rings (SSSR count). The van der Waals surface area contributed by atoms with Crippen LogP contribution in [-0.2, 0) is 10.2 Å². The number of hydrogen-bond donors (Lipinski definition) is 2. The molecule has 0 amide bonds. The van der Waals surface area contributed by atoms with Gasteiger partial charge in [-0.2, -0.15) is 0 Å². The second kappa shape index (κ2) is 10.6. The molecule has 2 N–H and O–H groups in total. The van der Waals surface area contributed by atoms with Gasteiger partial charge in [0.15, 0.2) is 5.96 Å². The molecule has 1 aromatic carbocycles. The van der Waals surface area contributed by atoms with Gasteiger partial charge in [-0.25, -0.2) is 0 Å². The fraction of sp³-hybridized carbons (Fsp3) is 0.667. The van der Waals surface area contributed by atoms with Crippen molar-refractivity contribution in [2.24, 2.45) is 4.99 Å². The van der Waals surface area contributed by atoms with Crippen molar-refractivity contribution in [1.82, 2.24) is 15.5 Å². The van der Waals surface area contributed by atoms with Crippen LogP contribution in [0.5, 0.6) is 0 Å². The first-order valence-corrected chi connectivity index (χ1v) is 9.98. The van der Waals surface area contributed by atoms with Crippen molar-refractivity contribution in [2.45, 2.75) is 50.6 Å². The Kier molecular flexibility index (Phi) is 8.82. The van der Waals surface area contributed by atoms with E-state index in [2.05, 4.69) is 64.7 Å². The zero-order chi connectivity index (χ0) is 18.4. The molecule has 2 aliphatic rings. The van der Waals surface area contributed by atoms with Crippen molar-refractivity contribution in [3.05, 3.63) is 35.9 Å². The number of hydrogen-bond acceptors (Lipinski definition) is 3. The van der Waals surface area contributed by atoms with Gasteiger partial charge in [-0.05, 0) is 32.3 Å². The Morgan fingerprint density at radius 1 is 1.30 bits per heavy atom. The minimum Gasteiger partial charge on any atom is -0.379 e. The van der Waals surface area contributed by atoms with Crippen molar-refractivity contribution in [3.63, 3.8) is 0 Å². The minimum atomic E-state index is 0. The second-order valence-electron chi connectivity index (χ2n) is 7.82. The Bertz CT molecular complexity index is 591. The highest BCUT2D eigenvalue weighted by Crippen LogP contribution is 2.43. The molecule has 1 aliphatic carbocycles. The number of benzene rings is 1. The Morgan fingerprint density at radius 2 is 2.04 bits per heavy atom.